The van der Waals surface area contributed by atoms with Gasteiger partial charge in [-0.05, 0) is 11.6 Å². The largest absolute Gasteiger partial charge is 0.462 e. The van der Waals surface area contributed by atoms with Crippen molar-refractivity contribution in [1.82, 2.24) is 0 Å². The number of hydrogen-bond donors (Lipinski definition) is 0. The predicted molar refractivity (Wildman–Crippen MR) is 95.8 cm³/mol. The molecule has 0 aromatic heterocycles. The molecule has 1 saturated heterocycles. The van der Waals surface area contributed by atoms with Crippen LogP contribution in [-0.2, 0) is 40.8 Å². The van der Waals surface area contributed by atoms with Gasteiger partial charge >= 0.3 is 17.9 Å². The Balaban J connectivity index is 2.26. The number of benzene rings is 1. The van der Waals surface area contributed by atoms with Crippen LogP contribution in [0.15, 0.2) is 18.2 Å². The molecule has 0 bridgehead atoms. The van der Waals surface area contributed by atoms with Crippen molar-refractivity contribution in [3.8, 4) is 5.75 Å². The molecule has 0 N–H and O–H groups in total. The molecule has 1 unspecified atom stereocenters. The lowest BCUT2D eigenvalue weighted by molar-refractivity contribution is -0.148. The Morgan fingerprint density at radius 1 is 1.07 bits per heavy atom. The van der Waals surface area contributed by atoms with E-state index in [0.29, 0.717) is 23.5 Å². The normalized spacial score (nSPS) is 18.3. The number of epoxide rings is 1. The Hall–Kier alpha value is -2.41. The van der Waals surface area contributed by atoms with Gasteiger partial charge in [0.05, 0.1) is 18.4 Å². The highest BCUT2D eigenvalue weighted by molar-refractivity contribution is 5.75. The van der Waals surface area contributed by atoms with E-state index in [-0.39, 0.29) is 31.0 Å². The standard InChI is InChI=1S/C20H26O7/c1-12(2)18(22)24-9-15-6-7-16(17(8-15)27-19(23)13(3)4)20(11-26-20)10-25-14(5)21/h6-8,12-13H,9-11H2,1-5H3. The molecule has 0 radical (unpaired) electrons. The Morgan fingerprint density at radius 3 is 2.22 bits per heavy atom. The summed E-state index contributed by atoms with van der Waals surface area (Å²) in [4.78, 5) is 34.9. The van der Waals surface area contributed by atoms with E-state index in [2.05, 4.69) is 0 Å². The van der Waals surface area contributed by atoms with Crippen molar-refractivity contribution in [3.63, 3.8) is 0 Å². The molecule has 1 atom stereocenters. The molecule has 0 amide bonds. The molecule has 148 valence electrons. The first-order valence-corrected chi connectivity index (χ1v) is 8.93. The molecule has 1 fully saturated rings. The molecule has 1 aromatic rings. The summed E-state index contributed by atoms with van der Waals surface area (Å²) in [5.74, 6) is -1.34. The SMILES string of the molecule is CC(=O)OCC1(c2ccc(COC(=O)C(C)C)cc2OC(=O)C(C)C)CO1. The zero-order valence-electron chi connectivity index (χ0n) is 16.4. The van der Waals surface area contributed by atoms with Crippen LogP contribution in [0, 0.1) is 11.8 Å². The van der Waals surface area contributed by atoms with Gasteiger partial charge in [0.2, 0.25) is 0 Å². The average Bonchev–Trinajstić information content (AvgIpc) is 3.38. The van der Waals surface area contributed by atoms with Crippen molar-refractivity contribution in [2.45, 2.75) is 46.8 Å². The van der Waals surface area contributed by atoms with Crippen molar-refractivity contribution >= 4 is 17.9 Å². The fourth-order valence-corrected chi connectivity index (χ4v) is 2.29. The van der Waals surface area contributed by atoms with E-state index in [1.165, 1.54) is 6.92 Å². The van der Waals surface area contributed by atoms with E-state index in [1.807, 2.05) is 0 Å². The Morgan fingerprint density at radius 2 is 1.70 bits per heavy atom. The van der Waals surface area contributed by atoms with Gasteiger partial charge in [-0.1, -0.05) is 39.8 Å². The van der Waals surface area contributed by atoms with Crippen LogP contribution in [0.2, 0.25) is 0 Å². The first-order chi connectivity index (χ1) is 12.6. The second-order valence-corrected chi connectivity index (χ2v) is 7.23. The highest BCUT2D eigenvalue weighted by Crippen LogP contribution is 2.44. The van der Waals surface area contributed by atoms with Crippen molar-refractivity contribution < 1.29 is 33.3 Å². The van der Waals surface area contributed by atoms with Gasteiger partial charge in [-0.3, -0.25) is 14.4 Å². The number of ether oxygens (including phenoxy) is 4. The van der Waals surface area contributed by atoms with Crippen molar-refractivity contribution in [1.29, 1.82) is 0 Å². The van der Waals surface area contributed by atoms with E-state index in [4.69, 9.17) is 18.9 Å². The maximum Gasteiger partial charge on any atom is 0.313 e. The maximum atomic E-state index is 12.1. The highest BCUT2D eigenvalue weighted by Gasteiger charge is 2.50. The molecule has 1 aliphatic heterocycles. The predicted octanol–water partition coefficient (Wildman–Crippen LogP) is 2.74. The van der Waals surface area contributed by atoms with Crippen molar-refractivity contribution in [2.24, 2.45) is 11.8 Å². The van der Waals surface area contributed by atoms with Crippen LogP contribution >= 0.6 is 0 Å². The van der Waals surface area contributed by atoms with E-state index in [9.17, 15) is 14.4 Å². The zero-order valence-corrected chi connectivity index (χ0v) is 16.4. The number of rotatable bonds is 8. The molecule has 1 aromatic carbocycles. The van der Waals surface area contributed by atoms with E-state index >= 15 is 0 Å². The number of carbonyl (C=O) groups excluding carboxylic acids is 3. The minimum absolute atomic E-state index is 0.0379. The summed E-state index contributed by atoms with van der Waals surface area (Å²) in [6, 6.07) is 5.17. The highest BCUT2D eigenvalue weighted by atomic mass is 16.6. The Labute approximate surface area is 158 Å². The van der Waals surface area contributed by atoms with Gasteiger partial charge < -0.3 is 18.9 Å². The molecule has 7 heteroatoms. The summed E-state index contributed by atoms with van der Waals surface area (Å²) in [6.45, 7) is 8.76. The van der Waals surface area contributed by atoms with Crippen LogP contribution in [0.5, 0.6) is 5.75 Å². The third-order valence-corrected chi connectivity index (χ3v) is 4.07. The molecule has 0 spiro atoms. The van der Waals surface area contributed by atoms with Crippen LogP contribution in [0.25, 0.3) is 0 Å². The third-order valence-electron chi connectivity index (χ3n) is 4.07. The molecule has 0 saturated carbocycles. The summed E-state index contributed by atoms with van der Waals surface area (Å²) < 4.78 is 21.4. The van der Waals surface area contributed by atoms with Gasteiger partial charge in [0, 0.05) is 12.5 Å². The van der Waals surface area contributed by atoms with Crippen LogP contribution in [0.3, 0.4) is 0 Å². The molecule has 27 heavy (non-hydrogen) atoms. The number of esters is 3. The van der Waals surface area contributed by atoms with Gasteiger partial charge in [0.15, 0.2) is 5.60 Å². The molecule has 0 aliphatic carbocycles. The molecule has 1 aliphatic rings. The van der Waals surface area contributed by atoms with Gasteiger partial charge in [-0.25, -0.2) is 0 Å². The van der Waals surface area contributed by atoms with Crippen LogP contribution < -0.4 is 4.74 Å². The van der Waals surface area contributed by atoms with Crippen molar-refractivity contribution in [3.05, 3.63) is 29.3 Å². The van der Waals surface area contributed by atoms with Gasteiger partial charge in [0.1, 0.15) is 19.0 Å². The summed E-state index contributed by atoms with van der Waals surface area (Å²) in [5, 5.41) is 0. The van der Waals surface area contributed by atoms with Crippen LogP contribution in [0.4, 0.5) is 0 Å². The summed E-state index contributed by atoms with van der Waals surface area (Å²) in [5.41, 5.74) is 0.491. The quantitative estimate of drug-likeness (QED) is 0.390. The summed E-state index contributed by atoms with van der Waals surface area (Å²) >= 11 is 0. The number of carbonyl (C=O) groups is 3. The summed E-state index contributed by atoms with van der Waals surface area (Å²) in [7, 11) is 0. The lowest BCUT2D eigenvalue weighted by Crippen LogP contribution is -2.22. The topological polar surface area (TPSA) is 91.4 Å². The second kappa shape index (κ2) is 8.52. The minimum atomic E-state index is -0.814. The average molecular weight is 378 g/mol. The fraction of sp³-hybridized carbons (Fsp3) is 0.550. The fourth-order valence-electron chi connectivity index (χ4n) is 2.29. The Bertz CT molecular complexity index is 717. The van der Waals surface area contributed by atoms with Gasteiger partial charge in [-0.2, -0.15) is 0 Å². The van der Waals surface area contributed by atoms with Crippen molar-refractivity contribution in [2.75, 3.05) is 13.2 Å². The smallest absolute Gasteiger partial charge is 0.313 e. The maximum absolute atomic E-state index is 12.1. The minimum Gasteiger partial charge on any atom is -0.462 e. The molecular formula is C20H26O7. The number of hydrogen-bond acceptors (Lipinski definition) is 7. The lowest BCUT2D eigenvalue weighted by Gasteiger charge is -2.18. The first kappa shape index (κ1) is 20.9. The molecule has 2 rings (SSSR count). The van der Waals surface area contributed by atoms with E-state index < -0.39 is 17.5 Å². The third kappa shape index (κ3) is 5.53. The van der Waals surface area contributed by atoms with E-state index in [1.54, 1.807) is 45.9 Å². The van der Waals surface area contributed by atoms with Crippen LogP contribution in [0.1, 0.15) is 45.7 Å². The summed E-state index contributed by atoms with van der Waals surface area (Å²) in [6.07, 6.45) is 0. The van der Waals surface area contributed by atoms with E-state index in [0.717, 1.165) is 0 Å². The Kier molecular flexibility index (Phi) is 6.59. The van der Waals surface area contributed by atoms with Gasteiger partial charge in [-0.15, -0.1) is 0 Å². The molecule has 7 nitrogen and oxygen atoms in total. The zero-order chi connectivity index (χ0) is 20.2. The first-order valence-electron chi connectivity index (χ1n) is 8.93. The monoisotopic (exact) mass is 378 g/mol. The lowest BCUT2D eigenvalue weighted by atomic mass is 9.98. The second-order valence-electron chi connectivity index (χ2n) is 7.23. The molecular weight excluding hydrogens is 352 g/mol. The molecule has 1 heterocycles. The van der Waals surface area contributed by atoms with Crippen LogP contribution in [-0.4, -0.2) is 31.1 Å². The van der Waals surface area contributed by atoms with Gasteiger partial charge in [0.25, 0.3) is 0 Å².